The first-order valence-electron chi connectivity index (χ1n) is 6.43. The zero-order valence-corrected chi connectivity index (χ0v) is 11.0. The third-order valence-corrected chi connectivity index (χ3v) is 3.64. The van der Waals surface area contributed by atoms with Crippen LogP contribution in [0.3, 0.4) is 0 Å². The van der Waals surface area contributed by atoms with Crippen LogP contribution in [0.2, 0.25) is 0 Å². The second kappa shape index (κ2) is 5.33. The number of nitrogens with zero attached hydrogens (tertiary/aromatic N) is 2. The Morgan fingerprint density at radius 3 is 2.61 bits per heavy atom. The molecule has 1 saturated carbocycles. The van der Waals surface area contributed by atoms with Crippen molar-refractivity contribution < 1.29 is 4.79 Å². The Balaban J connectivity index is 1.90. The molecule has 0 spiro atoms. The maximum Gasteiger partial charge on any atom is 0.271 e. The largest absolute Gasteiger partial charge is 0.372 e. The molecular weight excluding hydrogens is 228 g/mol. The average molecular weight is 248 g/mol. The molecule has 0 aromatic carbocycles. The number of anilines is 1. The first-order chi connectivity index (χ1) is 8.63. The quantitative estimate of drug-likeness (QED) is 0.853. The summed E-state index contributed by atoms with van der Waals surface area (Å²) in [5, 5.41) is 13.6. The van der Waals surface area contributed by atoms with Crippen LogP contribution in [0.15, 0.2) is 12.1 Å². The van der Waals surface area contributed by atoms with E-state index in [2.05, 4.69) is 27.8 Å². The minimum absolute atomic E-state index is 0.140. The molecule has 2 rings (SSSR count). The maximum absolute atomic E-state index is 11.9. The summed E-state index contributed by atoms with van der Waals surface area (Å²) >= 11 is 0. The molecule has 1 fully saturated rings. The van der Waals surface area contributed by atoms with Crippen molar-refractivity contribution in [2.75, 3.05) is 18.9 Å². The van der Waals surface area contributed by atoms with Gasteiger partial charge in [0.2, 0.25) is 0 Å². The Labute approximate surface area is 107 Å². The highest BCUT2D eigenvalue weighted by molar-refractivity contribution is 5.92. The van der Waals surface area contributed by atoms with Gasteiger partial charge in [-0.2, -0.15) is 0 Å². The maximum atomic E-state index is 11.9. The standard InChI is InChI=1S/C13H20N4O/c1-13(7-3-4-8-13)9-15-12(18)10-5-6-11(14-2)17-16-10/h5-6H,3-4,7-9H2,1-2H3,(H,14,17)(H,15,18). The van der Waals surface area contributed by atoms with Crippen LogP contribution in [0.1, 0.15) is 43.1 Å². The SMILES string of the molecule is CNc1ccc(C(=O)NCC2(C)CCCC2)nn1. The van der Waals surface area contributed by atoms with Crippen LogP contribution in [-0.4, -0.2) is 29.7 Å². The summed E-state index contributed by atoms with van der Waals surface area (Å²) in [4.78, 5) is 11.9. The molecular formula is C13H20N4O. The summed E-state index contributed by atoms with van der Waals surface area (Å²) in [5.41, 5.74) is 0.629. The molecule has 98 valence electrons. The van der Waals surface area contributed by atoms with Gasteiger partial charge in [0.15, 0.2) is 5.69 Å². The molecule has 0 aliphatic heterocycles. The zero-order chi connectivity index (χ0) is 13.0. The highest BCUT2D eigenvalue weighted by Gasteiger charge is 2.29. The summed E-state index contributed by atoms with van der Waals surface area (Å²) in [6.45, 7) is 2.96. The molecule has 1 aliphatic rings. The molecule has 5 heteroatoms. The molecule has 0 radical (unpaired) electrons. The normalized spacial score (nSPS) is 17.4. The second-order valence-electron chi connectivity index (χ2n) is 5.25. The Morgan fingerprint density at radius 1 is 1.33 bits per heavy atom. The van der Waals surface area contributed by atoms with Crippen LogP contribution in [0, 0.1) is 5.41 Å². The summed E-state index contributed by atoms with van der Waals surface area (Å²) < 4.78 is 0. The van der Waals surface area contributed by atoms with Gasteiger partial charge in [-0.1, -0.05) is 19.8 Å². The first kappa shape index (κ1) is 12.8. The molecule has 0 atom stereocenters. The summed E-state index contributed by atoms with van der Waals surface area (Å²) in [6, 6.07) is 3.43. The molecule has 1 amide bonds. The van der Waals surface area contributed by atoms with E-state index in [1.165, 1.54) is 25.7 Å². The number of amides is 1. The van der Waals surface area contributed by atoms with Gasteiger partial charge < -0.3 is 10.6 Å². The van der Waals surface area contributed by atoms with E-state index in [1.54, 1.807) is 19.2 Å². The molecule has 18 heavy (non-hydrogen) atoms. The molecule has 2 N–H and O–H groups in total. The fraction of sp³-hybridized carbons (Fsp3) is 0.615. The van der Waals surface area contributed by atoms with Crippen LogP contribution < -0.4 is 10.6 Å². The van der Waals surface area contributed by atoms with Gasteiger partial charge in [-0.15, -0.1) is 10.2 Å². The number of aromatic nitrogens is 2. The lowest BCUT2D eigenvalue weighted by molar-refractivity contribution is 0.0928. The number of hydrogen-bond acceptors (Lipinski definition) is 4. The Morgan fingerprint density at radius 2 is 2.06 bits per heavy atom. The fourth-order valence-electron chi connectivity index (χ4n) is 2.38. The summed E-state index contributed by atoms with van der Waals surface area (Å²) in [5.74, 6) is 0.521. The number of carbonyl (C=O) groups excluding carboxylic acids is 1. The molecule has 0 bridgehead atoms. The van der Waals surface area contributed by atoms with Gasteiger partial charge in [-0.3, -0.25) is 4.79 Å². The van der Waals surface area contributed by atoms with E-state index in [0.29, 0.717) is 11.5 Å². The van der Waals surface area contributed by atoms with Gasteiger partial charge in [-0.25, -0.2) is 0 Å². The van der Waals surface area contributed by atoms with Gasteiger partial charge in [0.25, 0.3) is 5.91 Å². The Kier molecular flexibility index (Phi) is 3.79. The molecule has 1 aliphatic carbocycles. The lowest BCUT2D eigenvalue weighted by Crippen LogP contribution is -2.34. The van der Waals surface area contributed by atoms with E-state index >= 15 is 0 Å². The van der Waals surface area contributed by atoms with E-state index in [0.717, 1.165) is 6.54 Å². The van der Waals surface area contributed by atoms with Crippen LogP contribution >= 0.6 is 0 Å². The number of hydrogen-bond donors (Lipinski definition) is 2. The van der Waals surface area contributed by atoms with E-state index in [1.807, 2.05) is 0 Å². The minimum Gasteiger partial charge on any atom is -0.372 e. The van der Waals surface area contributed by atoms with Gasteiger partial charge >= 0.3 is 0 Å². The van der Waals surface area contributed by atoms with Crippen molar-refractivity contribution in [2.24, 2.45) is 5.41 Å². The van der Waals surface area contributed by atoms with E-state index in [-0.39, 0.29) is 11.3 Å². The molecule has 5 nitrogen and oxygen atoms in total. The van der Waals surface area contributed by atoms with Crippen LogP contribution in [-0.2, 0) is 0 Å². The van der Waals surface area contributed by atoms with Crippen molar-refractivity contribution >= 4 is 11.7 Å². The summed E-state index contributed by atoms with van der Waals surface area (Å²) in [7, 11) is 1.77. The number of nitrogens with one attached hydrogen (secondary N) is 2. The highest BCUT2D eigenvalue weighted by Crippen LogP contribution is 2.36. The molecule has 1 heterocycles. The lowest BCUT2D eigenvalue weighted by atomic mass is 9.89. The topological polar surface area (TPSA) is 66.9 Å². The first-order valence-corrected chi connectivity index (χ1v) is 6.43. The van der Waals surface area contributed by atoms with Gasteiger partial charge in [-0.05, 0) is 30.4 Å². The molecule has 0 unspecified atom stereocenters. The van der Waals surface area contributed by atoms with Crippen molar-refractivity contribution in [1.82, 2.24) is 15.5 Å². The van der Waals surface area contributed by atoms with Crippen LogP contribution in [0.25, 0.3) is 0 Å². The van der Waals surface area contributed by atoms with Crippen molar-refractivity contribution in [3.63, 3.8) is 0 Å². The van der Waals surface area contributed by atoms with Crippen LogP contribution in [0.5, 0.6) is 0 Å². The van der Waals surface area contributed by atoms with Crippen molar-refractivity contribution in [2.45, 2.75) is 32.6 Å². The molecule has 1 aromatic rings. The van der Waals surface area contributed by atoms with E-state index in [9.17, 15) is 4.79 Å². The third-order valence-electron chi connectivity index (χ3n) is 3.64. The average Bonchev–Trinajstić information content (AvgIpc) is 2.83. The van der Waals surface area contributed by atoms with Crippen LogP contribution in [0.4, 0.5) is 5.82 Å². The number of carbonyl (C=O) groups is 1. The predicted octanol–water partition coefficient (Wildman–Crippen LogP) is 1.83. The lowest BCUT2D eigenvalue weighted by Gasteiger charge is -2.23. The van der Waals surface area contributed by atoms with Gasteiger partial charge in [0.1, 0.15) is 5.82 Å². The van der Waals surface area contributed by atoms with Crippen molar-refractivity contribution in [3.05, 3.63) is 17.8 Å². The van der Waals surface area contributed by atoms with Gasteiger partial charge in [0.05, 0.1) is 0 Å². The summed E-state index contributed by atoms with van der Waals surface area (Å²) in [6.07, 6.45) is 4.92. The predicted molar refractivity (Wildman–Crippen MR) is 70.5 cm³/mol. The number of rotatable bonds is 4. The van der Waals surface area contributed by atoms with E-state index < -0.39 is 0 Å². The van der Waals surface area contributed by atoms with Crippen molar-refractivity contribution in [1.29, 1.82) is 0 Å². The fourth-order valence-corrected chi connectivity index (χ4v) is 2.38. The van der Waals surface area contributed by atoms with Gasteiger partial charge in [0, 0.05) is 13.6 Å². The Hall–Kier alpha value is -1.65. The minimum atomic E-state index is -0.140. The second-order valence-corrected chi connectivity index (χ2v) is 5.25. The zero-order valence-electron chi connectivity index (χ0n) is 11.0. The molecule has 0 saturated heterocycles. The third kappa shape index (κ3) is 2.97. The van der Waals surface area contributed by atoms with E-state index in [4.69, 9.17) is 0 Å². The van der Waals surface area contributed by atoms with Crippen molar-refractivity contribution in [3.8, 4) is 0 Å². The smallest absolute Gasteiger partial charge is 0.271 e. The Bertz CT molecular complexity index is 410. The monoisotopic (exact) mass is 248 g/mol. The highest BCUT2D eigenvalue weighted by atomic mass is 16.1. The molecule has 1 aromatic heterocycles.